The standard InChI is InChI=1S/C16H24N2O4/c1-12-9-15(5-6-16(12)18(19)20)21-8-4-7-17-10-13(2)22-14(3)11-17/h5-6,9,13-14H,4,7-8,10-11H2,1-3H3/p+1/t13-,14+. The van der Waals surface area contributed by atoms with E-state index < -0.39 is 0 Å². The van der Waals surface area contributed by atoms with Gasteiger partial charge in [0.1, 0.15) is 31.0 Å². The second-order valence-corrected chi connectivity index (χ2v) is 6.07. The number of nitro groups is 1. The van der Waals surface area contributed by atoms with E-state index in [2.05, 4.69) is 13.8 Å². The third-order valence-corrected chi connectivity index (χ3v) is 3.93. The summed E-state index contributed by atoms with van der Waals surface area (Å²) in [7, 11) is 0. The zero-order valence-corrected chi connectivity index (χ0v) is 13.5. The van der Waals surface area contributed by atoms with Crippen LogP contribution in [0.2, 0.25) is 0 Å². The molecular weight excluding hydrogens is 284 g/mol. The number of morpholine rings is 1. The number of nitrogens with one attached hydrogen (secondary N) is 1. The molecule has 1 unspecified atom stereocenters. The molecule has 0 aromatic heterocycles. The zero-order valence-electron chi connectivity index (χ0n) is 13.5. The van der Waals surface area contributed by atoms with E-state index in [1.54, 1.807) is 24.0 Å². The Labute approximate surface area is 131 Å². The Morgan fingerprint density at radius 1 is 1.36 bits per heavy atom. The highest BCUT2D eigenvalue weighted by Crippen LogP contribution is 2.22. The summed E-state index contributed by atoms with van der Waals surface area (Å²) in [5.41, 5.74) is 0.761. The Bertz CT molecular complexity index is 511. The summed E-state index contributed by atoms with van der Waals surface area (Å²) in [5.74, 6) is 0.696. The SMILES string of the molecule is Cc1cc(OCCC[NH+]2C[C@@H](C)O[C@@H](C)C2)ccc1[N+](=O)[O-]. The Balaban J connectivity index is 1.75. The largest absolute Gasteiger partial charge is 0.493 e. The second-order valence-electron chi connectivity index (χ2n) is 6.07. The summed E-state index contributed by atoms with van der Waals surface area (Å²) in [4.78, 5) is 12.0. The first-order valence-corrected chi connectivity index (χ1v) is 7.82. The molecular formula is C16H25N2O4+. The molecule has 0 saturated carbocycles. The minimum absolute atomic E-state index is 0.132. The van der Waals surface area contributed by atoms with Crippen molar-refractivity contribution < 1.29 is 19.3 Å². The number of hydrogen-bond donors (Lipinski definition) is 1. The molecule has 22 heavy (non-hydrogen) atoms. The lowest BCUT2D eigenvalue weighted by Gasteiger charge is -2.32. The number of rotatable bonds is 6. The van der Waals surface area contributed by atoms with Gasteiger partial charge in [-0.15, -0.1) is 0 Å². The molecule has 0 amide bonds. The molecule has 6 nitrogen and oxygen atoms in total. The molecule has 0 spiro atoms. The molecule has 0 aliphatic carbocycles. The van der Waals surface area contributed by atoms with Crippen molar-refractivity contribution in [3.8, 4) is 5.75 Å². The molecule has 1 aliphatic rings. The van der Waals surface area contributed by atoms with E-state index in [0.717, 1.165) is 26.1 Å². The first kappa shape index (κ1) is 16.7. The van der Waals surface area contributed by atoms with Gasteiger partial charge >= 0.3 is 0 Å². The molecule has 1 fully saturated rings. The van der Waals surface area contributed by atoms with Gasteiger partial charge < -0.3 is 14.4 Å². The third kappa shape index (κ3) is 4.68. The van der Waals surface area contributed by atoms with Crippen molar-refractivity contribution in [2.24, 2.45) is 0 Å². The second kappa shape index (κ2) is 7.56. The molecule has 122 valence electrons. The summed E-state index contributed by atoms with van der Waals surface area (Å²) in [6, 6.07) is 4.89. The maximum Gasteiger partial charge on any atom is 0.272 e. The van der Waals surface area contributed by atoms with Crippen molar-refractivity contribution in [2.75, 3.05) is 26.2 Å². The van der Waals surface area contributed by atoms with Crippen LogP contribution in [0.5, 0.6) is 5.75 Å². The smallest absolute Gasteiger partial charge is 0.272 e. The highest BCUT2D eigenvalue weighted by atomic mass is 16.6. The number of aryl methyl sites for hydroxylation is 1. The van der Waals surface area contributed by atoms with Crippen molar-refractivity contribution in [2.45, 2.75) is 39.4 Å². The fraction of sp³-hybridized carbons (Fsp3) is 0.625. The minimum atomic E-state index is -0.372. The van der Waals surface area contributed by atoms with Crippen LogP contribution in [0.3, 0.4) is 0 Å². The van der Waals surface area contributed by atoms with Gasteiger partial charge in [-0.3, -0.25) is 10.1 Å². The molecule has 0 bridgehead atoms. The summed E-state index contributed by atoms with van der Waals surface area (Å²) >= 11 is 0. The normalized spacial score (nSPS) is 25.0. The van der Waals surface area contributed by atoms with Crippen LogP contribution in [0.1, 0.15) is 25.8 Å². The molecule has 1 saturated heterocycles. The zero-order chi connectivity index (χ0) is 16.1. The molecule has 6 heteroatoms. The Morgan fingerprint density at radius 2 is 2.05 bits per heavy atom. The molecule has 3 atom stereocenters. The van der Waals surface area contributed by atoms with Gasteiger partial charge in [0, 0.05) is 18.1 Å². The maximum absolute atomic E-state index is 10.8. The van der Waals surface area contributed by atoms with Gasteiger partial charge in [0.25, 0.3) is 5.69 Å². The van der Waals surface area contributed by atoms with Gasteiger partial charge in [-0.1, -0.05) is 0 Å². The van der Waals surface area contributed by atoms with Crippen LogP contribution >= 0.6 is 0 Å². The number of benzene rings is 1. The monoisotopic (exact) mass is 309 g/mol. The van der Waals surface area contributed by atoms with E-state index in [-0.39, 0.29) is 10.6 Å². The maximum atomic E-state index is 10.8. The van der Waals surface area contributed by atoms with Crippen molar-refractivity contribution in [3.05, 3.63) is 33.9 Å². The highest BCUT2D eigenvalue weighted by Gasteiger charge is 2.24. The quantitative estimate of drug-likeness (QED) is 0.489. The average Bonchev–Trinajstić information content (AvgIpc) is 2.42. The number of hydrogen-bond acceptors (Lipinski definition) is 4. The molecule has 0 radical (unpaired) electrons. The van der Waals surface area contributed by atoms with Gasteiger partial charge in [0.05, 0.1) is 18.1 Å². The van der Waals surface area contributed by atoms with Gasteiger partial charge in [0.2, 0.25) is 0 Å². The molecule has 1 heterocycles. The lowest BCUT2D eigenvalue weighted by Crippen LogP contribution is -3.15. The Morgan fingerprint density at radius 3 is 2.64 bits per heavy atom. The summed E-state index contributed by atoms with van der Waals surface area (Å²) < 4.78 is 11.4. The fourth-order valence-electron chi connectivity index (χ4n) is 3.03. The van der Waals surface area contributed by atoms with Gasteiger partial charge in [0.15, 0.2) is 0 Å². The summed E-state index contributed by atoms with van der Waals surface area (Å²) in [6.07, 6.45) is 1.60. The van der Waals surface area contributed by atoms with Crippen LogP contribution in [-0.4, -0.2) is 43.4 Å². The predicted octanol–water partition coefficient (Wildman–Crippen LogP) is 1.36. The van der Waals surface area contributed by atoms with Crippen LogP contribution in [0.25, 0.3) is 0 Å². The van der Waals surface area contributed by atoms with Gasteiger partial charge in [-0.25, -0.2) is 0 Å². The minimum Gasteiger partial charge on any atom is -0.493 e. The summed E-state index contributed by atoms with van der Waals surface area (Å²) in [6.45, 7) is 9.74. The van der Waals surface area contributed by atoms with E-state index in [1.165, 1.54) is 6.07 Å². The number of ether oxygens (including phenoxy) is 2. The first-order valence-electron chi connectivity index (χ1n) is 7.82. The van der Waals surface area contributed by atoms with Crippen LogP contribution in [0.4, 0.5) is 5.69 Å². The van der Waals surface area contributed by atoms with E-state index >= 15 is 0 Å². The van der Waals surface area contributed by atoms with E-state index in [9.17, 15) is 10.1 Å². The first-order chi connectivity index (χ1) is 10.5. The van der Waals surface area contributed by atoms with Crippen LogP contribution in [-0.2, 0) is 4.74 Å². The van der Waals surface area contributed by atoms with E-state index in [4.69, 9.17) is 9.47 Å². The van der Waals surface area contributed by atoms with Crippen LogP contribution < -0.4 is 9.64 Å². The molecule has 1 N–H and O–H groups in total. The Hall–Kier alpha value is -1.66. The topological polar surface area (TPSA) is 66.0 Å². The third-order valence-electron chi connectivity index (χ3n) is 3.93. The fourth-order valence-corrected chi connectivity index (χ4v) is 3.03. The number of nitro benzene ring substituents is 1. The van der Waals surface area contributed by atoms with Crippen LogP contribution in [0, 0.1) is 17.0 Å². The van der Waals surface area contributed by atoms with Crippen molar-refractivity contribution in [1.29, 1.82) is 0 Å². The van der Waals surface area contributed by atoms with E-state index in [1.807, 2.05) is 0 Å². The van der Waals surface area contributed by atoms with Crippen LogP contribution in [0.15, 0.2) is 18.2 Å². The summed E-state index contributed by atoms with van der Waals surface area (Å²) in [5, 5.41) is 10.8. The van der Waals surface area contributed by atoms with E-state index in [0.29, 0.717) is 30.1 Å². The number of nitrogens with zero attached hydrogens (tertiary/aromatic N) is 1. The average molecular weight is 309 g/mol. The van der Waals surface area contributed by atoms with Gasteiger partial charge in [-0.05, 0) is 32.9 Å². The Kier molecular flexibility index (Phi) is 5.74. The molecule has 1 aliphatic heterocycles. The van der Waals surface area contributed by atoms with Gasteiger partial charge in [-0.2, -0.15) is 0 Å². The number of quaternary nitrogens is 1. The predicted molar refractivity (Wildman–Crippen MR) is 83.5 cm³/mol. The lowest BCUT2D eigenvalue weighted by molar-refractivity contribution is -0.915. The lowest BCUT2D eigenvalue weighted by atomic mass is 10.2. The molecule has 1 aromatic carbocycles. The molecule has 1 aromatic rings. The van der Waals surface area contributed by atoms with Crippen molar-refractivity contribution >= 4 is 5.69 Å². The van der Waals surface area contributed by atoms with Crippen molar-refractivity contribution in [1.82, 2.24) is 0 Å². The van der Waals surface area contributed by atoms with Crippen molar-refractivity contribution in [3.63, 3.8) is 0 Å². The molecule has 2 rings (SSSR count). The highest BCUT2D eigenvalue weighted by molar-refractivity contribution is 5.44.